The molecule has 0 radical (unpaired) electrons. The average molecular weight is 418 g/mol. The molecule has 8 heteroatoms. The molecule has 4 heterocycles. The van der Waals surface area contributed by atoms with Crippen molar-refractivity contribution in [2.24, 2.45) is 0 Å². The molecule has 4 rings (SSSR count). The number of carbonyl (C=O) groups excluding carboxylic acids is 1. The smallest absolute Gasteiger partial charge is 0.236 e. The monoisotopic (exact) mass is 417 g/mol. The van der Waals surface area contributed by atoms with E-state index in [9.17, 15) is 4.79 Å². The van der Waals surface area contributed by atoms with Crippen molar-refractivity contribution >= 4 is 17.2 Å². The maximum atomic E-state index is 12.6. The Balaban J connectivity index is 1.14. The Bertz CT molecular complexity index is 770. The van der Waals surface area contributed by atoms with Crippen LogP contribution in [0, 0.1) is 0 Å². The van der Waals surface area contributed by atoms with Crippen molar-refractivity contribution < 1.29 is 9.32 Å². The summed E-state index contributed by atoms with van der Waals surface area (Å²) >= 11 is 1.62. The van der Waals surface area contributed by atoms with Crippen molar-refractivity contribution in [3.63, 3.8) is 0 Å². The Morgan fingerprint density at radius 3 is 2.79 bits per heavy atom. The molecule has 0 spiro atoms. The Kier molecular flexibility index (Phi) is 6.94. The summed E-state index contributed by atoms with van der Waals surface area (Å²) in [5.41, 5.74) is 0. The minimum Gasteiger partial charge on any atom is -0.339 e. The van der Waals surface area contributed by atoms with E-state index in [0.717, 1.165) is 69.8 Å². The van der Waals surface area contributed by atoms with Crippen LogP contribution in [0.4, 0.5) is 0 Å². The normalized spacial score (nSPS) is 21.6. The summed E-state index contributed by atoms with van der Waals surface area (Å²) < 4.78 is 5.38. The van der Waals surface area contributed by atoms with Gasteiger partial charge in [-0.3, -0.25) is 9.69 Å². The van der Waals surface area contributed by atoms with Crippen molar-refractivity contribution in [2.75, 3.05) is 45.8 Å². The van der Waals surface area contributed by atoms with Gasteiger partial charge in [-0.25, -0.2) is 0 Å². The second-order valence-corrected chi connectivity index (χ2v) is 9.09. The van der Waals surface area contributed by atoms with Crippen LogP contribution in [-0.4, -0.2) is 82.6 Å². The zero-order valence-corrected chi connectivity index (χ0v) is 18.1. The van der Waals surface area contributed by atoms with E-state index in [0.29, 0.717) is 30.2 Å². The summed E-state index contributed by atoms with van der Waals surface area (Å²) in [6, 6.07) is 4.41. The molecule has 0 N–H and O–H groups in total. The minimum atomic E-state index is 0.309. The summed E-state index contributed by atoms with van der Waals surface area (Å²) in [5, 5.41) is 6.09. The molecule has 0 bridgehead atoms. The lowest BCUT2D eigenvalue weighted by Crippen LogP contribution is -2.52. The topological polar surface area (TPSA) is 65.7 Å². The molecule has 2 aliphatic rings. The molecule has 1 amide bonds. The van der Waals surface area contributed by atoms with Gasteiger partial charge in [-0.05, 0) is 50.6 Å². The maximum Gasteiger partial charge on any atom is 0.236 e. The van der Waals surface area contributed by atoms with Crippen LogP contribution < -0.4 is 0 Å². The fraction of sp³-hybridized carbons (Fsp3) is 0.667. The van der Waals surface area contributed by atoms with Crippen LogP contribution in [0.15, 0.2) is 22.0 Å². The molecule has 2 aliphatic heterocycles. The molecule has 7 nitrogen and oxygen atoms in total. The maximum absolute atomic E-state index is 12.6. The first kappa shape index (κ1) is 20.5. The number of piperidine rings is 1. The Morgan fingerprint density at radius 1 is 1.21 bits per heavy atom. The number of rotatable bonds is 7. The van der Waals surface area contributed by atoms with Gasteiger partial charge in [0.15, 0.2) is 0 Å². The van der Waals surface area contributed by atoms with E-state index in [1.54, 1.807) is 11.3 Å². The number of carbonyl (C=O) groups is 1. The molecule has 2 aromatic heterocycles. The molecule has 1 atom stereocenters. The van der Waals surface area contributed by atoms with Gasteiger partial charge < -0.3 is 14.3 Å². The first-order chi connectivity index (χ1) is 14.2. The number of thiophene rings is 1. The molecular weight excluding hydrogens is 386 g/mol. The average Bonchev–Trinajstić information content (AvgIpc) is 3.41. The highest BCUT2D eigenvalue weighted by atomic mass is 32.1. The zero-order valence-electron chi connectivity index (χ0n) is 17.3. The van der Waals surface area contributed by atoms with Crippen LogP contribution in [0.25, 0.3) is 10.7 Å². The first-order valence-corrected chi connectivity index (χ1v) is 11.7. The van der Waals surface area contributed by atoms with Gasteiger partial charge in [-0.1, -0.05) is 11.2 Å². The highest BCUT2D eigenvalue weighted by Crippen LogP contribution is 2.21. The second kappa shape index (κ2) is 9.82. The number of hydrogen-bond donors (Lipinski definition) is 0. The van der Waals surface area contributed by atoms with Gasteiger partial charge in [0.25, 0.3) is 0 Å². The van der Waals surface area contributed by atoms with Crippen molar-refractivity contribution in [1.82, 2.24) is 24.8 Å². The summed E-state index contributed by atoms with van der Waals surface area (Å²) in [7, 11) is 0. The fourth-order valence-electron chi connectivity index (χ4n) is 4.24. The largest absolute Gasteiger partial charge is 0.339 e. The lowest BCUT2D eigenvalue weighted by molar-refractivity contribution is -0.136. The number of aromatic nitrogens is 2. The van der Waals surface area contributed by atoms with Crippen LogP contribution in [-0.2, 0) is 11.2 Å². The highest BCUT2D eigenvalue weighted by Gasteiger charge is 2.26. The zero-order chi connectivity index (χ0) is 20.1. The Morgan fingerprint density at radius 2 is 2.03 bits per heavy atom. The van der Waals surface area contributed by atoms with Crippen molar-refractivity contribution in [3.8, 4) is 10.7 Å². The Hall–Kier alpha value is -1.77. The molecule has 29 heavy (non-hydrogen) atoms. The van der Waals surface area contributed by atoms with Gasteiger partial charge in [-0.2, -0.15) is 4.98 Å². The third-order valence-electron chi connectivity index (χ3n) is 6.02. The number of nitrogens with zero attached hydrogens (tertiary/aromatic N) is 5. The third-order valence-corrected chi connectivity index (χ3v) is 6.89. The Labute approximate surface area is 176 Å². The molecule has 158 valence electrons. The van der Waals surface area contributed by atoms with Gasteiger partial charge in [0, 0.05) is 45.2 Å². The van der Waals surface area contributed by atoms with Crippen LogP contribution in [0.2, 0.25) is 0 Å². The van der Waals surface area contributed by atoms with Crippen molar-refractivity contribution in [3.05, 3.63) is 23.4 Å². The van der Waals surface area contributed by atoms with E-state index in [1.807, 2.05) is 17.5 Å². The number of likely N-dealkylation sites (tertiary alicyclic amines) is 1. The molecule has 0 aromatic carbocycles. The second-order valence-electron chi connectivity index (χ2n) is 8.14. The van der Waals surface area contributed by atoms with Crippen molar-refractivity contribution in [2.45, 2.75) is 45.1 Å². The molecule has 0 aliphatic carbocycles. The van der Waals surface area contributed by atoms with Crippen LogP contribution in [0.5, 0.6) is 0 Å². The lowest BCUT2D eigenvalue weighted by Gasteiger charge is -2.38. The van der Waals surface area contributed by atoms with Crippen LogP contribution in [0.1, 0.15) is 38.5 Å². The van der Waals surface area contributed by atoms with Gasteiger partial charge in [0.1, 0.15) is 0 Å². The number of piperazine rings is 1. The van der Waals surface area contributed by atoms with Crippen molar-refractivity contribution in [1.29, 1.82) is 0 Å². The first-order valence-electron chi connectivity index (χ1n) is 10.8. The SMILES string of the molecule is CC1CCCCN1C(=O)CN1CCN(CCCc2nc(-c3cccs3)no2)CC1. The van der Waals surface area contributed by atoms with Gasteiger partial charge in [0.05, 0.1) is 11.4 Å². The molecule has 2 fully saturated rings. The van der Waals surface area contributed by atoms with E-state index in [4.69, 9.17) is 4.52 Å². The molecular formula is C21H31N5O2S. The van der Waals surface area contributed by atoms with E-state index < -0.39 is 0 Å². The van der Waals surface area contributed by atoms with Gasteiger partial charge in [-0.15, -0.1) is 11.3 Å². The highest BCUT2D eigenvalue weighted by molar-refractivity contribution is 7.13. The summed E-state index contributed by atoms with van der Waals surface area (Å²) in [4.78, 5) is 25.0. The van der Waals surface area contributed by atoms with Crippen LogP contribution >= 0.6 is 11.3 Å². The third kappa shape index (κ3) is 5.43. The predicted molar refractivity (Wildman–Crippen MR) is 114 cm³/mol. The summed E-state index contributed by atoms with van der Waals surface area (Å²) in [6.45, 7) is 8.70. The van der Waals surface area contributed by atoms with Gasteiger partial charge >= 0.3 is 0 Å². The van der Waals surface area contributed by atoms with Crippen LogP contribution in [0.3, 0.4) is 0 Å². The quantitative estimate of drug-likeness (QED) is 0.690. The number of amides is 1. The standard InChI is InChI=1S/C21H31N5O2S/c1-17-6-2-3-10-26(17)20(27)16-25-13-11-24(12-14-25)9-4-8-19-22-21(23-28-19)18-7-5-15-29-18/h5,7,15,17H,2-4,6,8-14,16H2,1H3. The van der Waals surface area contributed by atoms with E-state index in [1.165, 1.54) is 6.42 Å². The van der Waals surface area contributed by atoms with E-state index in [-0.39, 0.29) is 0 Å². The number of aryl methyl sites for hydroxylation is 1. The minimum absolute atomic E-state index is 0.309. The lowest BCUT2D eigenvalue weighted by atomic mass is 10.0. The molecule has 0 saturated carbocycles. The predicted octanol–water partition coefficient (Wildman–Crippen LogP) is 2.75. The molecule has 2 saturated heterocycles. The summed E-state index contributed by atoms with van der Waals surface area (Å²) in [6.07, 6.45) is 5.37. The van der Waals surface area contributed by atoms with E-state index in [2.05, 4.69) is 31.8 Å². The summed E-state index contributed by atoms with van der Waals surface area (Å²) in [5.74, 6) is 1.72. The fourth-order valence-corrected chi connectivity index (χ4v) is 4.89. The molecule has 2 aromatic rings. The van der Waals surface area contributed by atoms with Gasteiger partial charge in [0.2, 0.25) is 17.6 Å². The molecule has 1 unspecified atom stereocenters. The van der Waals surface area contributed by atoms with E-state index >= 15 is 0 Å². The number of hydrogen-bond acceptors (Lipinski definition) is 7.